The summed E-state index contributed by atoms with van der Waals surface area (Å²) in [5.74, 6) is 0.307. The van der Waals surface area contributed by atoms with Crippen molar-refractivity contribution in [3.05, 3.63) is 35.9 Å². The molecule has 0 unspecified atom stereocenters. The maximum Gasteiger partial charge on any atom is 0.410 e. The van der Waals surface area contributed by atoms with E-state index in [4.69, 9.17) is 9.47 Å². The highest BCUT2D eigenvalue weighted by atomic mass is 16.6. The molecule has 0 aliphatic heterocycles. The Kier molecular flexibility index (Phi) is 11.1. The van der Waals surface area contributed by atoms with Crippen molar-refractivity contribution in [3.8, 4) is 0 Å². The van der Waals surface area contributed by atoms with Crippen LogP contribution in [0.3, 0.4) is 0 Å². The van der Waals surface area contributed by atoms with Crippen LogP contribution in [0.15, 0.2) is 30.3 Å². The van der Waals surface area contributed by atoms with Gasteiger partial charge in [-0.05, 0) is 58.7 Å². The fourth-order valence-electron chi connectivity index (χ4n) is 3.34. The molecule has 0 bridgehead atoms. The summed E-state index contributed by atoms with van der Waals surface area (Å²) in [5, 5.41) is 0. The van der Waals surface area contributed by atoms with E-state index in [0.29, 0.717) is 13.2 Å². The van der Waals surface area contributed by atoms with Crippen LogP contribution < -0.4 is 0 Å². The molecule has 1 aromatic carbocycles. The third-order valence-corrected chi connectivity index (χ3v) is 4.75. The van der Waals surface area contributed by atoms with Gasteiger partial charge >= 0.3 is 6.09 Å². The molecule has 0 aliphatic rings. The first-order chi connectivity index (χ1) is 14.0. The zero-order valence-electron chi connectivity index (χ0n) is 19.8. The average Bonchev–Trinajstić information content (AvgIpc) is 2.64. The van der Waals surface area contributed by atoms with Crippen LogP contribution in [0.2, 0.25) is 0 Å². The smallest absolute Gasteiger partial charge is 0.410 e. The maximum absolute atomic E-state index is 12.7. The molecule has 0 N–H and O–H groups in total. The molecule has 0 radical (unpaired) electrons. The van der Waals surface area contributed by atoms with Crippen molar-refractivity contribution >= 4 is 11.9 Å². The third-order valence-electron chi connectivity index (χ3n) is 4.75. The predicted molar refractivity (Wildman–Crippen MR) is 120 cm³/mol. The van der Waals surface area contributed by atoms with Gasteiger partial charge in [0.15, 0.2) is 5.78 Å². The van der Waals surface area contributed by atoms with Crippen LogP contribution in [-0.2, 0) is 20.9 Å². The van der Waals surface area contributed by atoms with Crippen LogP contribution in [0.1, 0.15) is 53.0 Å². The lowest BCUT2D eigenvalue weighted by molar-refractivity contribution is -0.130. The Labute approximate surface area is 182 Å². The molecule has 0 aromatic heterocycles. The van der Waals surface area contributed by atoms with Gasteiger partial charge in [-0.2, -0.15) is 0 Å². The second kappa shape index (κ2) is 12.7. The fraction of sp³-hybridized carbons (Fsp3) is 0.667. The van der Waals surface area contributed by atoms with E-state index in [1.807, 2.05) is 58.2 Å². The summed E-state index contributed by atoms with van der Waals surface area (Å²) < 4.78 is 11.0. The highest BCUT2D eigenvalue weighted by molar-refractivity contribution is 5.85. The first-order valence-electron chi connectivity index (χ1n) is 10.8. The number of rotatable bonds is 12. The van der Waals surface area contributed by atoms with Crippen LogP contribution in [0.25, 0.3) is 0 Å². The van der Waals surface area contributed by atoms with Gasteiger partial charge in [0.2, 0.25) is 0 Å². The molecule has 1 amide bonds. The quantitative estimate of drug-likeness (QED) is 0.470. The van der Waals surface area contributed by atoms with Crippen molar-refractivity contribution in [2.45, 2.75) is 65.7 Å². The second-order valence-corrected chi connectivity index (χ2v) is 9.22. The summed E-state index contributed by atoms with van der Waals surface area (Å²) in [6.07, 6.45) is 1.44. The monoisotopic (exact) mass is 420 g/mol. The van der Waals surface area contributed by atoms with E-state index in [1.165, 1.54) is 0 Å². The van der Waals surface area contributed by atoms with Crippen molar-refractivity contribution in [2.24, 2.45) is 5.92 Å². The topological polar surface area (TPSA) is 59.1 Å². The van der Waals surface area contributed by atoms with E-state index < -0.39 is 5.60 Å². The van der Waals surface area contributed by atoms with Crippen molar-refractivity contribution in [2.75, 3.05) is 33.8 Å². The highest BCUT2D eigenvalue weighted by Gasteiger charge is 2.26. The molecule has 0 saturated heterocycles. The molecule has 0 saturated carbocycles. The summed E-state index contributed by atoms with van der Waals surface area (Å²) in [7, 11) is 3.74. The zero-order valence-corrected chi connectivity index (χ0v) is 19.8. The number of Topliss-reactive ketones (excluding diaryl/α,β-unsaturated/α-hetero) is 1. The second-order valence-electron chi connectivity index (χ2n) is 9.22. The van der Waals surface area contributed by atoms with Crippen molar-refractivity contribution in [1.82, 2.24) is 9.80 Å². The number of benzene rings is 1. The van der Waals surface area contributed by atoms with Gasteiger partial charge in [0, 0.05) is 13.6 Å². The number of likely N-dealkylation sites (N-methyl/N-ethyl adjacent to an activating group) is 1. The molecule has 1 rings (SSSR count). The number of carbonyl (C=O) groups excluding carboxylic acids is 2. The summed E-state index contributed by atoms with van der Waals surface area (Å²) in [6.45, 7) is 11.7. The van der Waals surface area contributed by atoms with Gasteiger partial charge in [-0.1, -0.05) is 44.2 Å². The lowest BCUT2D eigenvalue weighted by Crippen LogP contribution is -2.44. The summed E-state index contributed by atoms with van der Waals surface area (Å²) in [4.78, 5) is 28.5. The van der Waals surface area contributed by atoms with Gasteiger partial charge in [0.05, 0.1) is 12.6 Å². The Bertz CT molecular complexity index is 640. The normalized spacial score (nSPS) is 12.8. The van der Waals surface area contributed by atoms with Crippen LogP contribution in [-0.4, -0.2) is 67.1 Å². The molecule has 1 atom stereocenters. The van der Waals surface area contributed by atoms with Crippen molar-refractivity contribution in [1.29, 1.82) is 0 Å². The first-order valence-corrected chi connectivity index (χ1v) is 10.8. The van der Waals surface area contributed by atoms with Gasteiger partial charge in [0.25, 0.3) is 0 Å². The number of amides is 1. The summed E-state index contributed by atoms with van der Waals surface area (Å²) in [6, 6.07) is 9.69. The Morgan fingerprint density at radius 1 is 1.00 bits per heavy atom. The maximum atomic E-state index is 12.7. The molecule has 0 aliphatic carbocycles. The molecule has 1 aromatic rings. The van der Waals surface area contributed by atoms with E-state index in [-0.39, 0.29) is 30.4 Å². The number of hydrogen-bond donors (Lipinski definition) is 0. The summed E-state index contributed by atoms with van der Waals surface area (Å²) in [5.41, 5.74) is 0.577. The number of unbranched alkanes of at least 4 members (excludes halogenated alkanes) is 1. The van der Waals surface area contributed by atoms with E-state index in [1.54, 1.807) is 11.9 Å². The highest BCUT2D eigenvalue weighted by Crippen LogP contribution is 2.13. The minimum Gasteiger partial charge on any atom is -0.444 e. The Morgan fingerprint density at radius 3 is 2.17 bits per heavy atom. The standard InChI is InChI=1S/C24H40N2O4/c1-19(2)22(21(27)18-29-17-20-13-9-8-10-14-20)25(6)15-11-12-16-26(7)23(28)30-24(3,4)5/h8-10,13-14,19,22H,11-12,15-18H2,1-7H3/t22-/m0/s1. The van der Waals surface area contributed by atoms with E-state index in [9.17, 15) is 9.59 Å². The molecular formula is C24H40N2O4. The Morgan fingerprint density at radius 2 is 1.60 bits per heavy atom. The number of nitrogens with zero attached hydrogens (tertiary/aromatic N) is 2. The van der Waals surface area contributed by atoms with E-state index in [0.717, 1.165) is 24.9 Å². The van der Waals surface area contributed by atoms with Crippen LogP contribution >= 0.6 is 0 Å². The Hall–Kier alpha value is -1.92. The molecule has 170 valence electrons. The van der Waals surface area contributed by atoms with Gasteiger partial charge < -0.3 is 14.4 Å². The van der Waals surface area contributed by atoms with E-state index in [2.05, 4.69) is 18.7 Å². The van der Waals surface area contributed by atoms with Gasteiger partial charge in [0.1, 0.15) is 12.2 Å². The third kappa shape index (κ3) is 10.2. The largest absolute Gasteiger partial charge is 0.444 e. The fourth-order valence-corrected chi connectivity index (χ4v) is 3.34. The number of ether oxygens (including phenoxy) is 2. The number of ketones is 1. The first kappa shape index (κ1) is 26.1. The summed E-state index contributed by atoms with van der Waals surface area (Å²) >= 11 is 0. The van der Waals surface area contributed by atoms with Crippen molar-refractivity contribution in [3.63, 3.8) is 0 Å². The molecular weight excluding hydrogens is 380 g/mol. The lowest BCUT2D eigenvalue weighted by atomic mass is 9.98. The van der Waals surface area contributed by atoms with Crippen LogP contribution in [0.4, 0.5) is 4.79 Å². The lowest BCUT2D eigenvalue weighted by Gasteiger charge is -2.30. The van der Waals surface area contributed by atoms with Gasteiger partial charge in [-0.25, -0.2) is 4.79 Å². The van der Waals surface area contributed by atoms with E-state index >= 15 is 0 Å². The zero-order chi connectivity index (χ0) is 22.7. The minimum atomic E-state index is -0.487. The Balaban J connectivity index is 2.39. The van der Waals surface area contributed by atoms with Gasteiger partial charge in [-0.3, -0.25) is 9.69 Å². The van der Waals surface area contributed by atoms with Crippen molar-refractivity contribution < 1.29 is 19.1 Å². The number of carbonyl (C=O) groups is 2. The molecule has 6 heteroatoms. The molecule has 0 spiro atoms. The number of hydrogen-bond acceptors (Lipinski definition) is 5. The molecule has 30 heavy (non-hydrogen) atoms. The van der Waals surface area contributed by atoms with Gasteiger partial charge in [-0.15, -0.1) is 0 Å². The minimum absolute atomic E-state index is 0.106. The predicted octanol–water partition coefficient (Wildman–Crippen LogP) is 4.38. The molecule has 0 heterocycles. The molecule has 6 nitrogen and oxygen atoms in total. The molecule has 0 fully saturated rings. The van der Waals surface area contributed by atoms with Crippen LogP contribution in [0, 0.1) is 5.92 Å². The van der Waals surface area contributed by atoms with Crippen LogP contribution in [0.5, 0.6) is 0 Å². The average molecular weight is 421 g/mol. The SMILES string of the molecule is CC(C)[C@@H](C(=O)COCc1ccccc1)N(C)CCCCN(C)C(=O)OC(C)(C)C.